The van der Waals surface area contributed by atoms with E-state index in [0.717, 1.165) is 25.0 Å². The summed E-state index contributed by atoms with van der Waals surface area (Å²) in [5.41, 5.74) is 1.92. The second kappa shape index (κ2) is 9.61. The molecule has 1 fully saturated rings. The van der Waals surface area contributed by atoms with Crippen molar-refractivity contribution in [3.63, 3.8) is 0 Å². The number of allylic oxidation sites excluding steroid dienone is 1. The molecule has 0 saturated heterocycles. The van der Waals surface area contributed by atoms with E-state index in [1.807, 2.05) is 0 Å². The minimum Gasteiger partial charge on any atom is -0.478 e. The highest BCUT2D eigenvalue weighted by Gasteiger charge is 2.39. The molecule has 10 heteroatoms. The third-order valence-corrected chi connectivity index (χ3v) is 6.48. The second-order valence-corrected chi connectivity index (χ2v) is 8.77. The van der Waals surface area contributed by atoms with E-state index in [2.05, 4.69) is 20.2 Å². The van der Waals surface area contributed by atoms with Gasteiger partial charge in [0.25, 0.3) is 0 Å². The van der Waals surface area contributed by atoms with Crippen molar-refractivity contribution in [3.8, 4) is 0 Å². The van der Waals surface area contributed by atoms with Gasteiger partial charge >= 0.3 is 12.1 Å². The van der Waals surface area contributed by atoms with Gasteiger partial charge in [0.1, 0.15) is 6.33 Å². The van der Waals surface area contributed by atoms with Crippen LogP contribution in [-0.4, -0.2) is 31.2 Å². The number of aliphatic carboxylic acids is 1. The molecule has 0 radical (unpaired) electrons. The molecule has 2 heterocycles. The molecule has 188 valence electrons. The zero-order valence-electron chi connectivity index (χ0n) is 19.3. The van der Waals surface area contributed by atoms with Gasteiger partial charge in [-0.15, -0.1) is 5.10 Å². The van der Waals surface area contributed by atoms with Crippen LogP contribution in [0.25, 0.3) is 28.1 Å². The molecule has 4 aromatic rings. The number of H-pyrrole nitrogens is 1. The van der Waals surface area contributed by atoms with Gasteiger partial charge in [-0.2, -0.15) is 17.6 Å². The fraction of sp³-hybridized carbons (Fsp3) is 0.185. The summed E-state index contributed by atoms with van der Waals surface area (Å²) < 4.78 is 56.6. The second-order valence-electron chi connectivity index (χ2n) is 8.77. The maximum atomic E-state index is 14.4. The number of carboxylic acid groups (broad SMARTS) is 1. The van der Waals surface area contributed by atoms with E-state index in [1.165, 1.54) is 6.08 Å². The molecule has 5 rings (SSSR count). The van der Waals surface area contributed by atoms with Crippen LogP contribution < -0.4 is 0 Å². The van der Waals surface area contributed by atoms with E-state index in [1.54, 1.807) is 42.5 Å². The molecule has 0 aliphatic heterocycles. The first-order valence-electron chi connectivity index (χ1n) is 11.5. The average Bonchev–Trinajstić information content (AvgIpc) is 3.21. The molecule has 37 heavy (non-hydrogen) atoms. The molecule has 1 aliphatic rings. The maximum Gasteiger partial charge on any atom is 0.419 e. The fourth-order valence-electron chi connectivity index (χ4n) is 4.51. The van der Waals surface area contributed by atoms with E-state index >= 15 is 0 Å². The summed E-state index contributed by atoms with van der Waals surface area (Å²) in [6, 6.07) is 11.7. The van der Waals surface area contributed by atoms with Crippen LogP contribution >= 0.6 is 0 Å². The third-order valence-electron chi connectivity index (χ3n) is 6.48. The highest BCUT2D eigenvalue weighted by Crippen LogP contribution is 2.47. The molecule has 0 unspecified atom stereocenters. The number of alkyl halides is 3. The van der Waals surface area contributed by atoms with Gasteiger partial charge in [-0.05, 0) is 64.8 Å². The number of fused-ring (bicyclic) bond motifs is 1. The molecule has 0 bridgehead atoms. The van der Waals surface area contributed by atoms with Gasteiger partial charge in [0, 0.05) is 12.3 Å². The standard InChI is InChI=1S/C27H20F4N4O2/c28-26-19-12-18(9-10-21(19)34-35-26)23(17-7-4-15(5-8-17)6-11-22(36)37)24(16-2-1-3-16)25-20(27(29,30)31)13-32-14-33-25/h4-14,16H,1-3H2,(H,34,35)(H,36,37)/b11-6+,24-23+. The van der Waals surface area contributed by atoms with Crippen molar-refractivity contribution in [3.05, 3.63) is 95.0 Å². The quantitative estimate of drug-likeness (QED) is 0.233. The first-order chi connectivity index (χ1) is 17.7. The molecule has 2 N–H and O–H groups in total. The van der Waals surface area contributed by atoms with Crippen LogP contribution in [0, 0.1) is 11.9 Å². The van der Waals surface area contributed by atoms with Crippen molar-refractivity contribution < 1.29 is 27.5 Å². The minimum atomic E-state index is -4.68. The van der Waals surface area contributed by atoms with Crippen LogP contribution in [0.1, 0.15) is 47.2 Å². The highest BCUT2D eigenvalue weighted by molar-refractivity contribution is 6.01. The fourth-order valence-corrected chi connectivity index (χ4v) is 4.51. The minimum absolute atomic E-state index is 0.192. The molecule has 0 spiro atoms. The molecule has 0 atom stereocenters. The number of halogens is 4. The first-order valence-corrected chi connectivity index (χ1v) is 11.5. The summed E-state index contributed by atoms with van der Waals surface area (Å²) in [6.45, 7) is 0. The van der Waals surface area contributed by atoms with Crippen molar-refractivity contribution in [1.82, 2.24) is 20.2 Å². The molecule has 2 aromatic carbocycles. The van der Waals surface area contributed by atoms with Gasteiger partial charge in [0.05, 0.1) is 22.2 Å². The predicted octanol–water partition coefficient (Wildman–Crippen LogP) is 6.37. The van der Waals surface area contributed by atoms with E-state index < -0.39 is 23.7 Å². The largest absolute Gasteiger partial charge is 0.478 e. The van der Waals surface area contributed by atoms with E-state index in [-0.39, 0.29) is 17.0 Å². The van der Waals surface area contributed by atoms with Gasteiger partial charge in [-0.25, -0.2) is 14.8 Å². The molecule has 1 aliphatic carbocycles. The van der Waals surface area contributed by atoms with Crippen LogP contribution in [0.5, 0.6) is 0 Å². The van der Waals surface area contributed by atoms with Crippen LogP contribution in [-0.2, 0) is 11.0 Å². The van der Waals surface area contributed by atoms with Crippen molar-refractivity contribution in [2.45, 2.75) is 25.4 Å². The number of rotatable bonds is 6. The summed E-state index contributed by atoms with van der Waals surface area (Å²) in [5.74, 6) is -2.01. The van der Waals surface area contributed by atoms with Crippen molar-refractivity contribution in [2.24, 2.45) is 5.92 Å². The number of aromatic amines is 1. The smallest absolute Gasteiger partial charge is 0.419 e. The number of aromatic nitrogens is 4. The number of nitrogens with one attached hydrogen (secondary N) is 1. The van der Waals surface area contributed by atoms with Crippen molar-refractivity contribution in [2.75, 3.05) is 0 Å². The Balaban J connectivity index is 1.80. The highest BCUT2D eigenvalue weighted by atomic mass is 19.4. The summed E-state index contributed by atoms with van der Waals surface area (Å²) in [5, 5.41) is 15.3. The van der Waals surface area contributed by atoms with Gasteiger partial charge in [-0.3, -0.25) is 5.10 Å². The molecule has 1 saturated carbocycles. The normalized spacial score (nSPS) is 15.1. The lowest BCUT2D eigenvalue weighted by molar-refractivity contribution is -0.138. The average molecular weight is 508 g/mol. The zero-order valence-corrected chi connectivity index (χ0v) is 19.3. The number of hydrogen-bond donors (Lipinski definition) is 2. The Morgan fingerprint density at radius 3 is 2.46 bits per heavy atom. The van der Waals surface area contributed by atoms with Crippen LogP contribution in [0.2, 0.25) is 0 Å². The number of carboxylic acids is 1. The third kappa shape index (κ3) is 4.87. The number of benzene rings is 2. The Kier molecular flexibility index (Phi) is 6.32. The number of nitrogens with zero attached hydrogens (tertiary/aromatic N) is 3. The Bertz CT molecular complexity index is 1530. The SMILES string of the molecule is O=C(O)/C=C/c1ccc(/C(=C(\c2ncncc2C(F)(F)F)C2CCC2)c2ccc3[nH]nc(F)c3c2)cc1. The molecule has 6 nitrogen and oxygen atoms in total. The monoisotopic (exact) mass is 508 g/mol. The lowest BCUT2D eigenvalue weighted by Crippen LogP contribution is -2.20. The summed E-state index contributed by atoms with van der Waals surface area (Å²) in [6.07, 6.45) is 1.84. The number of carbonyl (C=O) groups is 1. The topological polar surface area (TPSA) is 91.8 Å². The zero-order chi connectivity index (χ0) is 26.2. The Hall–Kier alpha value is -4.34. The van der Waals surface area contributed by atoms with Gasteiger partial charge in [-0.1, -0.05) is 36.8 Å². The summed E-state index contributed by atoms with van der Waals surface area (Å²) in [7, 11) is 0. The number of hydrogen-bond acceptors (Lipinski definition) is 4. The van der Waals surface area contributed by atoms with Crippen LogP contribution in [0.4, 0.5) is 17.6 Å². The predicted molar refractivity (Wildman–Crippen MR) is 129 cm³/mol. The van der Waals surface area contributed by atoms with Gasteiger partial charge in [0.15, 0.2) is 0 Å². The Labute approximate surface area is 208 Å². The summed E-state index contributed by atoms with van der Waals surface area (Å²) >= 11 is 0. The molecular weight excluding hydrogens is 488 g/mol. The van der Waals surface area contributed by atoms with Gasteiger partial charge < -0.3 is 5.11 Å². The first kappa shape index (κ1) is 24.4. The van der Waals surface area contributed by atoms with Crippen molar-refractivity contribution >= 4 is 34.1 Å². The van der Waals surface area contributed by atoms with Crippen LogP contribution in [0.3, 0.4) is 0 Å². The molecule has 0 amide bonds. The maximum absolute atomic E-state index is 14.4. The van der Waals surface area contributed by atoms with Gasteiger partial charge in [0.2, 0.25) is 5.95 Å². The van der Waals surface area contributed by atoms with Crippen LogP contribution in [0.15, 0.2) is 61.1 Å². The molecular formula is C27H20F4N4O2. The van der Waals surface area contributed by atoms with E-state index in [0.29, 0.717) is 46.2 Å². The Morgan fingerprint density at radius 2 is 1.81 bits per heavy atom. The molecule has 2 aromatic heterocycles. The Morgan fingerprint density at radius 1 is 1.08 bits per heavy atom. The summed E-state index contributed by atoms with van der Waals surface area (Å²) in [4.78, 5) is 18.6. The lowest BCUT2D eigenvalue weighted by Gasteiger charge is -2.32. The van der Waals surface area contributed by atoms with E-state index in [4.69, 9.17) is 5.11 Å². The van der Waals surface area contributed by atoms with E-state index in [9.17, 15) is 22.4 Å². The van der Waals surface area contributed by atoms with Crippen molar-refractivity contribution in [1.29, 1.82) is 0 Å². The lowest BCUT2D eigenvalue weighted by atomic mass is 9.73.